The molecule has 0 bridgehead atoms. The third-order valence-electron chi connectivity index (χ3n) is 5.94. The first-order chi connectivity index (χ1) is 16.4. The van der Waals surface area contributed by atoms with Crippen LogP contribution in [0, 0.1) is 0 Å². The number of hydrogen-bond acceptors (Lipinski definition) is 4. The molecule has 8 heteroatoms. The summed E-state index contributed by atoms with van der Waals surface area (Å²) >= 11 is 12.5. The number of nitrogens with two attached hydrogens (primary N) is 1. The molecule has 1 atom stereocenters. The van der Waals surface area contributed by atoms with E-state index in [-0.39, 0.29) is 24.2 Å². The monoisotopic (exact) mass is 497 g/mol. The molecule has 1 heterocycles. The van der Waals surface area contributed by atoms with Crippen molar-refractivity contribution in [2.75, 3.05) is 29.6 Å². The van der Waals surface area contributed by atoms with Crippen molar-refractivity contribution in [3.63, 3.8) is 0 Å². The van der Waals surface area contributed by atoms with E-state index in [1.165, 1.54) is 7.11 Å². The SMILES string of the molecule is COc1cc(N)ccc1C(=O)N1CCCC(CC(=O)Nc2ccccc2Cl)c2cc(Cl)ccc21. The summed E-state index contributed by atoms with van der Waals surface area (Å²) < 4.78 is 5.40. The first-order valence-electron chi connectivity index (χ1n) is 11.0. The van der Waals surface area contributed by atoms with Gasteiger partial charge in [0.2, 0.25) is 5.91 Å². The summed E-state index contributed by atoms with van der Waals surface area (Å²) in [7, 11) is 1.51. The second-order valence-electron chi connectivity index (χ2n) is 8.19. The zero-order valence-corrected chi connectivity index (χ0v) is 20.2. The standard InChI is InChI=1S/C26H25Cl2N3O3/c1-34-24-15-18(29)9-10-19(24)26(33)31-12-4-5-16(20-14-17(27)8-11-23(20)31)13-25(32)30-22-7-3-2-6-21(22)28/h2-3,6-11,14-16H,4-5,12-13,29H2,1H3,(H,30,32). The van der Waals surface area contributed by atoms with Gasteiger partial charge in [0.05, 0.1) is 23.4 Å². The van der Waals surface area contributed by atoms with E-state index in [1.807, 2.05) is 24.3 Å². The number of anilines is 3. The van der Waals surface area contributed by atoms with Gasteiger partial charge < -0.3 is 20.7 Å². The molecular formula is C26H25Cl2N3O3. The fraction of sp³-hybridized carbons (Fsp3) is 0.231. The van der Waals surface area contributed by atoms with Crippen LogP contribution in [0.1, 0.15) is 41.1 Å². The van der Waals surface area contributed by atoms with E-state index in [1.54, 1.807) is 41.3 Å². The lowest BCUT2D eigenvalue weighted by atomic mass is 9.90. The van der Waals surface area contributed by atoms with Gasteiger partial charge in [0.15, 0.2) is 0 Å². The third kappa shape index (κ3) is 5.13. The van der Waals surface area contributed by atoms with Crippen LogP contribution in [-0.4, -0.2) is 25.5 Å². The fourth-order valence-corrected chi connectivity index (χ4v) is 4.67. The average molecular weight is 498 g/mol. The molecule has 1 aliphatic rings. The largest absolute Gasteiger partial charge is 0.496 e. The number of nitrogens with zero attached hydrogens (tertiary/aromatic N) is 1. The number of para-hydroxylation sites is 1. The fourth-order valence-electron chi connectivity index (χ4n) is 4.31. The maximum atomic E-state index is 13.6. The first kappa shape index (κ1) is 23.9. The smallest absolute Gasteiger partial charge is 0.262 e. The zero-order valence-electron chi connectivity index (χ0n) is 18.7. The van der Waals surface area contributed by atoms with E-state index in [0.29, 0.717) is 39.3 Å². The predicted octanol–water partition coefficient (Wildman–Crippen LogP) is 6.14. The predicted molar refractivity (Wildman–Crippen MR) is 137 cm³/mol. The number of amides is 2. The lowest BCUT2D eigenvalue weighted by molar-refractivity contribution is -0.116. The van der Waals surface area contributed by atoms with Crippen molar-refractivity contribution in [1.29, 1.82) is 0 Å². The van der Waals surface area contributed by atoms with E-state index in [2.05, 4.69) is 5.32 Å². The number of rotatable bonds is 5. The highest BCUT2D eigenvalue weighted by atomic mass is 35.5. The number of fused-ring (bicyclic) bond motifs is 1. The summed E-state index contributed by atoms with van der Waals surface area (Å²) in [5.74, 6) is -0.0340. The van der Waals surface area contributed by atoms with E-state index in [0.717, 1.165) is 24.1 Å². The molecule has 3 N–H and O–H groups in total. The van der Waals surface area contributed by atoms with Crippen LogP contribution < -0.4 is 20.7 Å². The van der Waals surface area contributed by atoms with Crippen LogP contribution in [0.4, 0.5) is 17.1 Å². The van der Waals surface area contributed by atoms with Crippen LogP contribution >= 0.6 is 23.2 Å². The number of hydrogen-bond donors (Lipinski definition) is 2. The van der Waals surface area contributed by atoms with Crippen molar-refractivity contribution < 1.29 is 14.3 Å². The highest BCUT2D eigenvalue weighted by molar-refractivity contribution is 6.33. The Hall–Kier alpha value is -3.22. The molecule has 6 nitrogen and oxygen atoms in total. The summed E-state index contributed by atoms with van der Waals surface area (Å²) in [6, 6.07) is 17.5. The summed E-state index contributed by atoms with van der Waals surface area (Å²) in [5.41, 5.74) is 8.97. The van der Waals surface area contributed by atoms with Crippen LogP contribution in [-0.2, 0) is 4.79 Å². The van der Waals surface area contributed by atoms with Crippen LogP contribution in [0.5, 0.6) is 5.75 Å². The van der Waals surface area contributed by atoms with Crippen molar-refractivity contribution in [3.05, 3.63) is 81.8 Å². The number of halogens is 2. The molecule has 0 aromatic heterocycles. The van der Waals surface area contributed by atoms with Gasteiger partial charge in [-0.1, -0.05) is 35.3 Å². The molecule has 0 spiro atoms. The Morgan fingerprint density at radius 3 is 2.68 bits per heavy atom. The van der Waals surface area contributed by atoms with Gasteiger partial charge in [-0.3, -0.25) is 9.59 Å². The van der Waals surface area contributed by atoms with Crippen molar-refractivity contribution in [2.45, 2.75) is 25.2 Å². The second kappa shape index (κ2) is 10.4. The van der Waals surface area contributed by atoms with Crippen molar-refractivity contribution >= 4 is 52.1 Å². The van der Waals surface area contributed by atoms with Gasteiger partial charge in [0.1, 0.15) is 5.75 Å². The van der Waals surface area contributed by atoms with E-state index in [4.69, 9.17) is 33.7 Å². The van der Waals surface area contributed by atoms with Gasteiger partial charge in [-0.15, -0.1) is 0 Å². The Kier molecular flexibility index (Phi) is 7.29. The van der Waals surface area contributed by atoms with E-state index in [9.17, 15) is 9.59 Å². The molecule has 34 heavy (non-hydrogen) atoms. The molecule has 176 valence electrons. The van der Waals surface area contributed by atoms with E-state index < -0.39 is 0 Å². The Labute approximate surface area is 208 Å². The Bertz CT molecular complexity index is 1230. The normalized spacial score (nSPS) is 15.3. The summed E-state index contributed by atoms with van der Waals surface area (Å²) in [5, 5.41) is 3.92. The van der Waals surface area contributed by atoms with Gasteiger partial charge in [-0.2, -0.15) is 0 Å². The minimum atomic E-state index is -0.193. The van der Waals surface area contributed by atoms with Crippen LogP contribution in [0.3, 0.4) is 0 Å². The number of nitrogen functional groups attached to an aromatic ring is 1. The van der Waals surface area contributed by atoms with Crippen molar-refractivity contribution in [2.24, 2.45) is 0 Å². The second-order valence-corrected chi connectivity index (χ2v) is 9.03. The van der Waals surface area contributed by atoms with Crippen LogP contribution in [0.2, 0.25) is 10.0 Å². The highest BCUT2D eigenvalue weighted by Crippen LogP contribution is 2.39. The van der Waals surface area contributed by atoms with Crippen LogP contribution in [0.25, 0.3) is 0 Å². The van der Waals surface area contributed by atoms with Gasteiger partial charge in [0.25, 0.3) is 5.91 Å². The number of methoxy groups -OCH3 is 1. The first-order valence-corrected chi connectivity index (χ1v) is 11.7. The molecule has 3 aromatic rings. The molecule has 0 fully saturated rings. The number of ether oxygens (including phenoxy) is 1. The maximum absolute atomic E-state index is 13.6. The third-order valence-corrected chi connectivity index (χ3v) is 6.50. The number of nitrogens with one attached hydrogen (secondary N) is 1. The van der Waals surface area contributed by atoms with Gasteiger partial charge >= 0.3 is 0 Å². The number of carbonyl (C=O) groups is 2. The van der Waals surface area contributed by atoms with Gasteiger partial charge in [-0.05, 0) is 66.8 Å². The van der Waals surface area contributed by atoms with Gasteiger partial charge in [-0.25, -0.2) is 0 Å². The minimum absolute atomic E-state index is 0.109. The average Bonchev–Trinajstić information content (AvgIpc) is 2.99. The molecule has 1 unspecified atom stereocenters. The van der Waals surface area contributed by atoms with Crippen molar-refractivity contribution in [3.8, 4) is 5.75 Å². The topological polar surface area (TPSA) is 84.7 Å². The Balaban J connectivity index is 1.63. The van der Waals surface area contributed by atoms with Crippen LogP contribution in [0.15, 0.2) is 60.7 Å². The summed E-state index contributed by atoms with van der Waals surface area (Å²) in [6.07, 6.45) is 1.69. The number of benzene rings is 3. The molecule has 3 aromatic carbocycles. The van der Waals surface area contributed by atoms with Gasteiger partial charge in [0, 0.05) is 35.4 Å². The Morgan fingerprint density at radius 1 is 1.12 bits per heavy atom. The van der Waals surface area contributed by atoms with Crippen molar-refractivity contribution in [1.82, 2.24) is 0 Å². The molecule has 1 aliphatic heterocycles. The summed E-state index contributed by atoms with van der Waals surface area (Å²) in [4.78, 5) is 28.2. The zero-order chi connectivity index (χ0) is 24.2. The molecule has 0 saturated carbocycles. The number of carbonyl (C=O) groups excluding carboxylic acids is 2. The molecule has 0 radical (unpaired) electrons. The van der Waals surface area contributed by atoms with E-state index >= 15 is 0 Å². The lowest BCUT2D eigenvalue weighted by Crippen LogP contribution is -2.32. The molecule has 0 saturated heterocycles. The summed E-state index contributed by atoms with van der Waals surface area (Å²) in [6.45, 7) is 0.504. The quantitative estimate of drug-likeness (QED) is 0.414. The molecule has 4 rings (SSSR count). The maximum Gasteiger partial charge on any atom is 0.262 e. The molecule has 0 aliphatic carbocycles. The highest BCUT2D eigenvalue weighted by Gasteiger charge is 2.30. The minimum Gasteiger partial charge on any atom is -0.496 e. The Morgan fingerprint density at radius 2 is 1.91 bits per heavy atom. The molecule has 2 amide bonds. The molecular weight excluding hydrogens is 473 g/mol. The lowest BCUT2D eigenvalue weighted by Gasteiger charge is -2.25.